The lowest BCUT2D eigenvalue weighted by Gasteiger charge is -2.33. The van der Waals surface area contributed by atoms with Gasteiger partial charge in [-0.15, -0.1) is 0 Å². The van der Waals surface area contributed by atoms with E-state index in [0.29, 0.717) is 22.9 Å². The van der Waals surface area contributed by atoms with E-state index in [4.69, 9.17) is 4.74 Å². The second kappa shape index (κ2) is 9.30. The summed E-state index contributed by atoms with van der Waals surface area (Å²) in [4.78, 5) is 15.4. The molecule has 2 aromatic carbocycles. The highest BCUT2D eigenvalue weighted by Gasteiger charge is 2.37. The molecule has 1 aliphatic carbocycles. The number of ether oxygens (including phenoxy) is 1. The molecule has 2 unspecified atom stereocenters. The van der Waals surface area contributed by atoms with E-state index in [1.165, 1.54) is 30.6 Å². The van der Waals surface area contributed by atoms with E-state index in [0.717, 1.165) is 19.3 Å². The molecule has 2 atom stereocenters. The number of carbonyl (C=O) groups excluding carboxylic acids is 1. The normalized spacial score (nSPS) is 15.8. The van der Waals surface area contributed by atoms with E-state index in [2.05, 4.69) is 20.8 Å². The molecule has 31 heavy (non-hydrogen) atoms. The summed E-state index contributed by atoms with van der Waals surface area (Å²) in [5.41, 5.74) is 0.966. The molecule has 0 saturated heterocycles. The Morgan fingerprint density at radius 1 is 1.10 bits per heavy atom. The summed E-state index contributed by atoms with van der Waals surface area (Å²) in [6.45, 7) is 6.40. The largest absolute Gasteiger partial charge is 0.495 e. The summed E-state index contributed by atoms with van der Waals surface area (Å²) in [6.07, 6.45) is 3.06. The number of nitrogens with zero attached hydrogens (tertiary/aromatic N) is 2. The smallest absolute Gasteiger partial charge is 0.264 e. The van der Waals surface area contributed by atoms with Crippen molar-refractivity contribution in [3.63, 3.8) is 0 Å². The molecule has 1 fully saturated rings. The maximum absolute atomic E-state index is 13.2. The number of para-hydroxylation sites is 2. The second-order valence-corrected chi connectivity index (χ2v) is 10.2. The van der Waals surface area contributed by atoms with Gasteiger partial charge in [0.1, 0.15) is 5.75 Å². The summed E-state index contributed by atoms with van der Waals surface area (Å²) in [7, 11) is -0.796. The van der Waals surface area contributed by atoms with Crippen LogP contribution in [0.5, 0.6) is 5.75 Å². The van der Waals surface area contributed by atoms with Gasteiger partial charge in [-0.1, -0.05) is 32.4 Å². The van der Waals surface area contributed by atoms with Gasteiger partial charge >= 0.3 is 0 Å². The predicted octanol–water partition coefficient (Wildman–Crippen LogP) is 4.56. The third-order valence-corrected chi connectivity index (χ3v) is 8.05. The van der Waals surface area contributed by atoms with Gasteiger partial charge in [-0.05, 0) is 62.1 Å². The van der Waals surface area contributed by atoms with Crippen LogP contribution in [0.3, 0.4) is 0 Å². The van der Waals surface area contributed by atoms with Gasteiger partial charge in [0.15, 0.2) is 0 Å². The SMILES string of the molecule is CCC(C)C(C)N(C(=O)c1ccc(S(=O)(=O)N(C)c2ccccc2OC)cc1)C1CC1. The van der Waals surface area contributed by atoms with Crippen LogP contribution in [-0.2, 0) is 10.0 Å². The Morgan fingerprint density at radius 3 is 2.26 bits per heavy atom. The molecule has 0 radical (unpaired) electrons. The molecule has 1 amide bonds. The molecular weight excluding hydrogens is 412 g/mol. The van der Waals surface area contributed by atoms with E-state index in [-0.39, 0.29) is 22.9 Å². The van der Waals surface area contributed by atoms with Gasteiger partial charge in [0.05, 0.1) is 17.7 Å². The molecule has 0 N–H and O–H groups in total. The van der Waals surface area contributed by atoms with Gasteiger partial charge in [0, 0.05) is 24.7 Å². The Morgan fingerprint density at radius 2 is 1.71 bits per heavy atom. The molecule has 0 aromatic heterocycles. The zero-order chi connectivity index (χ0) is 22.8. The van der Waals surface area contributed by atoms with Gasteiger partial charge in [-0.3, -0.25) is 9.10 Å². The molecule has 1 aliphatic rings. The zero-order valence-corrected chi connectivity index (χ0v) is 19.7. The summed E-state index contributed by atoms with van der Waals surface area (Å²) in [6, 6.07) is 13.6. The zero-order valence-electron chi connectivity index (χ0n) is 18.9. The maximum atomic E-state index is 13.2. The van der Waals surface area contributed by atoms with E-state index in [9.17, 15) is 13.2 Å². The number of hydrogen-bond donors (Lipinski definition) is 0. The number of hydrogen-bond acceptors (Lipinski definition) is 4. The molecule has 0 aliphatic heterocycles. The minimum absolute atomic E-state index is 0.0302. The van der Waals surface area contributed by atoms with Crippen molar-refractivity contribution in [3.05, 3.63) is 54.1 Å². The number of methoxy groups -OCH3 is 1. The molecule has 3 rings (SSSR count). The molecule has 2 aromatic rings. The first kappa shape index (κ1) is 23.1. The first-order valence-corrected chi connectivity index (χ1v) is 12.2. The lowest BCUT2D eigenvalue weighted by molar-refractivity contribution is 0.0615. The van der Waals surface area contributed by atoms with Crippen LogP contribution in [0.15, 0.2) is 53.4 Å². The van der Waals surface area contributed by atoms with Crippen molar-refractivity contribution in [2.75, 3.05) is 18.5 Å². The van der Waals surface area contributed by atoms with Crippen LogP contribution >= 0.6 is 0 Å². The first-order valence-electron chi connectivity index (χ1n) is 10.8. The fraction of sp³-hybridized carbons (Fsp3) is 0.458. The standard InChI is InChI=1S/C24H32N2O4S/c1-6-17(2)18(3)26(20-13-14-20)24(27)19-11-15-21(16-12-19)31(28,29)25(4)22-9-7-8-10-23(22)30-5/h7-12,15-18,20H,6,13-14H2,1-5H3. The average Bonchev–Trinajstić information content (AvgIpc) is 3.63. The molecule has 168 valence electrons. The Labute approximate surface area is 185 Å². The molecule has 0 heterocycles. The molecular formula is C24H32N2O4S. The van der Waals surface area contributed by atoms with Crippen LogP contribution in [0.1, 0.15) is 50.4 Å². The lowest BCUT2D eigenvalue weighted by Crippen LogP contribution is -2.43. The monoisotopic (exact) mass is 444 g/mol. The van der Waals surface area contributed by atoms with Gasteiger partial charge in [-0.25, -0.2) is 8.42 Å². The highest BCUT2D eigenvalue weighted by Crippen LogP contribution is 2.34. The van der Waals surface area contributed by atoms with Crippen molar-refractivity contribution in [1.82, 2.24) is 4.90 Å². The highest BCUT2D eigenvalue weighted by molar-refractivity contribution is 7.92. The van der Waals surface area contributed by atoms with Crippen LogP contribution < -0.4 is 9.04 Å². The van der Waals surface area contributed by atoms with Crippen LogP contribution in [0, 0.1) is 5.92 Å². The second-order valence-electron chi connectivity index (χ2n) is 8.24. The number of sulfonamides is 1. The molecule has 6 nitrogen and oxygen atoms in total. The van der Waals surface area contributed by atoms with Crippen molar-refractivity contribution >= 4 is 21.6 Å². The third kappa shape index (κ3) is 4.71. The number of anilines is 1. The van der Waals surface area contributed by atoms with Crippen molar-refractivity contribution in [1.29, 1.82) is 0 Å². The summed E-state index contributed by atoms with van der Waals surface area (Å²) < 4.78 is 32.8. The Hall–Kier alpha value is -2.54. The Kier molecular flexibility index (Phi) is 6.94. The lowest BCUT2D eigenvalue weighted by atomic mass is 9.98. The van der Waals surface area contributed by atoms with Crippen LogP contribution in [0.4, 0.5) is 5.69 Å². The minimum atomic E-state index is -3.80. The van der Waals surface area contributed by atoms with E-state index in [1.54, 1.807) is 36.4 Å². The molecule has 1 saturated carbocycles. The summed E-state index contributed by atoms with van der Waals surface area (Å²) in [5.74, 6) is 0.843. The first-order chi connectivity index (χ1) is 14.7. The van der Waals surface area contributed by atoms with Gasteiger partial charge in [0.25, 0.3) is 15.9 Å². The third-order valence-electron chi connectivity index (χ3n) is 6.27. The number of benzene rings is 2. The van der Waals surface area contributed by atoms with Gasteiger partial charge in [-0.2, -0.15) is 0 Å². The van der Waals surface area contributed by atoms with E-state index >= 15 is 0 Å². The van der Waals surface area contributed by atoms with E-state index in [1.807, 2.05) is 4.90 Å². The van der Waals surface area contributed by atoms with Gasteiger partial charge in [0.2, 0.25) is 0 Å². The van der Waals surface area contributed by atoms with Crippen molar-refractivity contribution in [3.8, 4) is 5.75 Å². The molecule has 7 heteroatoms. The minimum Gasteiger partial charge on any atom is -0.495 e. The van der Waals surface area contributed by atoms with Gasteiger partial charge < -0.3 is 9.64 Å². The Bertz CT molecular complexity index is 1020. The van der Waals surface area contributed by atoms with Crippen LogP contribution in [-0.4, -0.2) is 45.5 Å². The fourth-order valence-corrected chi connectivity index (χ4v) is 4.95. The van der Waals surface area contributed by atoms with Crippen molar-refractivity contribution in [2.45, 2.75) is 57.0 Å². The maximum Gasteiger partial charge on any atom is 0.264 e. The quantitative estimate of drug-likeness (QED) is 0.569. The topological polar surface area (TPSA) is 66.9 Å². The fourth-order valence-electron chi connectivity index (χ4n) is 3.75. The summed E-state index contributed by atoms with van der Waals surface area (Å²) in [5, 5.41) is 0. The van der Waals surface area contributed by atoms with Crippen LogP contribution in [0.25, 0.3) is 0 Å². The number of rotatable bonds is 9. The Balaban J connectivity index is 1.85. The van der Waals surface area contributed by atoms with Crippen molar-refractivity contribution in [2.24, 2.45) is 5.92 Å². The average molecular weight is 445 g/mol. The molecule has 0 spiro atoms. The molecule has 0 bridgehead atoms. The summed E-state index contributed by atoms with van der Waals surface area (Å²) >= 11 is 0. The number of carbonyl (C=O) groups is 1. The van der Waals surface area contributed by atoms with Crippen LogP contribution in [0.2, 0.25) is 0 Å². The van der Waals surface area contributed by atoms with Crippen molar-refractivity contribution < 1.29 is 17.9 Å². The predicted molar refractivity (Wildman–Crippen MR) is 123 cm³/mol. The van der Waals surface area contributed by atoms with E-state index < -0.39 is 10.0 Å². The highest BCUT2D eigenvalue weighted by atomic mass is 32.2. The number of amides is 1.